The molecule has 0 radical (unpaired) electrons. The molecule has 84 valence electrons. The summed E-state index contributed by atoms with van der Waals surface area (Å²) in [7, 11) is 0. The Hall–Kier alpha value is -0.810. The first-order valence-corrected chi connectivity index (χ1v) is 5.54. The molecular formula is C10H14BrNO3. The van der Waals surface area contributed by atoms with Crippen LogP contribution in [0.15, 0.2) is 16.7 Å². The van der Waals surface area contributed by atoms with E-state index in [-0.39, 0.29) is 11.8 Å². The Morgan fingerprint density at radius 1 is 1.73 bits per heavy atom. The first kappa shape index (κ1) is 12.3. The molecule has 4 nitrogen and oxygen atoms in total. The van der Waals surface area contributed by atoms with Crippen LogP contribution in [-0.2, 0) is 11.3 Å². The van der Waals surface area contributed by atoms with Crippen LogP contribution in [0.5, 0.6) is 0 Å². The van der Waals surface area contributed by atoms with Crippen molar-refractivity contribution < 1.29 is 14.6 Å². The summed E-state index contributed by atoms with van der Waals surface area (Å²) in [5, 5.41) is 8.94. The molecule has 0 aliphatic rings. The molecule has 15 heavy (non-hydrogen) atoms. The predicted octanol–water partition coefficient (Wildman–Crippen LogP) is 2.37. The van der Waals surface area contributed by atoms with E-state index in [0.717, 1.165) is 4.47 Å². The smallest absolute Gasteiger partial charge is 0.352 e. The predicted molar refractivity (Wildman–Crippen MR) is 60.2 cm³/mol. The Balaban J connectivity index is 2.79. The number of aromatic nitrogens is 1. The molecule has 5 heteroatoms. The Morgan fingerprint density at radius 3 is 2.93 bits per heavy atom. The van der Waals surface area contributed by atoms with E-state index in [0.29, 0.717) is 13.2 Å². The molecule has 0 aliphatic heterocycles. The summed E-state index contributed by atoms with van der Waals surface area (Å²) in [5.41, 5.74) is 0.272. The maximum atomic E-state index is 10.9. The van der Waals surface area contributed by atoms with Crippen molar-refractivity contribution in [1.29, 1.82) is 0 Å². The summed E-state index contributed by atoms with van der Waals surface area (Å²) in [6.07, 6.45) is 1.76. The number of carbonyl (C=O) groups is 1. The van der Waals surface area contributed by atoms with Gasteiger partial charge in [0.15, 0.2) is 0 Å². The largest absolute Gasteiger partial charge is 0.477 e. The molecule has 1 rings (SSSR count). The molecule has 1 heterocycles. The average Bonchev–Trinajstić information content (AvgIpc) is 2.47. The molecule has 1 unspecified atom stereocenters. The van der Waals surface area contributed by atoms with Gasteiger partial charge in [0.25, 0.3) is 0 Å². The van der Waals surface area contributed by atoms with E-state index in [1.54, 1.807) is 16.8 Å². The Labute approximate surface area is 97.0 Å². The van der Waals surface area contributed by atoms with Gasteiger partial charge in [-0.1, -0.05) is 0 Å². The van der Waals surface area contributed by atoms with Crippen molar-refractivity contribution in [3.63, 3.8) is 0 Å². The molecule has 0 saturated carbocycles. The topological polar surface area (TPSA) is 51.5 Å². The van der Waals surface area contributed by atoms with Crippen LogP contribution in [0.2, 0.25) is 0 Å². The quantitative estimate of drug-likeness (QED) is 0.898. The first-order valence-electron chi connectivity index (χ1n) is 4.75. The van der Waals surface area contributed by atoms with Gasteiger partial charge in [0.2, 0.25) is 0 Å². The van der Waals surface area contributed by atoms with E-state index in [2.05, 4.69) is 15.9 Å². The number of halogens is 1. The SMILES string of the molecule is CCOC(C)Cn1cc(Br)cc1C(=O)O. The lowest BCUT2D eigenvalue weighted by Gasteiger charge is -2.13. The van der Waals surface area contributed by atoms with Gasteiger partial charge in [-0.25, -0.2) is 4.79 Å². The molecule has 0 bridgehead atoms. The van der Waals surface area contributed by atoms with Crippen molar-refractivity contribution >= 4 is 21.9 Å². The van der Waals surface area contributed by atoms with Crippen LogP contribution in [-0.4, -0.2) is 28.4 Å². The fraction of sp³-hybridized carbons (Fsp3) is 0.500. The van der Waals surface area contributed by atoms with Gasteiger partial charge in [-0.15, -0.1) is 0 Å². The molecule has 0 aromatic carbocycles. The number of ether oxygens (including phenoxy) is 1. The lowest BCUT2D eigenvalue weighted by molar-refractivity contribution is 0.0595. The normalized spacial score (nSPS) is 12.7. The maximum Gasteiger partial charge on any atom is 0.352 e. The average molecular weight is 276 g/mol. The molecule has 1 N–H and O–H groups in total. The van der Waals surface area contributed by atoms with Crippen molar-refractivity contribution in [1.82, 2.24) is 4.57 Å². The molecule has 0 aliphatic carbocycles. The summed E-state index contributed by atoms with van der Waals surface area (Å²) >= 11 is 3.26. The van der Waals surface area contributed by atoms with Gasteiger partial charge in [-0.2, -0.15) is 0 Å². The highest BCUT2D eigenvalue weighted by atomic mass is 79.9. The van der Waals surface area contributed by atoms with E-state index >= 15 is 0 Å². The third-order valence-electron chi connectivity index (χ3n) is 1.99. The van der Waals surface area contributed by atoms with E-state index in [1.807, 2.05) is 13.8 Å². The van der Waals surface area contributed by atoms with Crippen LogP contribution < -0.4 is 0 Å². The van der Waals surface area contributed by atoms with Crippen LogP contribution in [0.3, 0.4) is 0 Å². The highest BCUT2D eigenvalue weighted by molar-refractivity contribution is 9.10. The number of carboxylic acids is 1. The van der Waals surface area contributed by atoms with Crippen molar-refractivity contribution in [2.45, 2.75) is 26.5 Å². The van der Waals surface area contributed by atoms with Crippen molar-refractivity contribution in [2.75, 3.05) is 6.61 Å². The van der Waals surface area contributed by atoms with Crippen LogP contribution in [0, 0.1) is 0 Å². The Kier molecular flexibility index (Phi) is 4.35. The number of rotatable bonds is 5. The fourth-order valence-corrected chi connectivity index (χ4v) is 1.88. The zero-order chi connectivity index (χ0) is 11.4. The highest BCUT2D eigenvalue weighted by Gasteiger charge is 2.13. The maximum absolute atomic E-state index is 10.9. The van der Waals surface area contributed by atoms with E-state index in [4.69, 9.17) is 9.84 Å². The van der Waals surface area contributed by atoms with Crippen LogP contribution in [0.1, 0.15) is 24.3 Å². The van der Waals surface area contributed by atoms with Gasteiger partial charge in [0, 0.05) is 23.8 Å². The van der Waals surface area contributed by atoms with E-state index in [1.165, 1.54) is 0 Å². The summed E-state index contributed by atoms with van der Waals surface area (Å²) in [4.78, 5) is 10.9. The standard InChI is InChI=1S/C10H14BrNO3/c1-3-15-7(2)5-12-6-8(11)4-9(12)10(13)14/h4,6-7H,3,5H2,1-2H3,(H,13,14). The lowest BCUT2D eigenvalue weighted by Crippen LogP contribution is -2.19. The third-order valence-corrected chi connectivity index (χ3v) is 2.42. The molecular weight excluding hydrogens is 262 g/mol. The summed E-state index contributed by atoms with van der Waals surface area (Å²) < 4.78 is 7.80. The monoisotopic (exact) mass is 275 g/mol. The Bertz CT molecular complexity index is 348. The number of hydrogen-bond acceptors (Lipinski definition) is 2. The first-order chi connectivity index (χ1) is 7.04. The molecule has 0 amide bonds. The van der Waals surface area contributed by atoms with Gasteiger partial charge >= 0.3 is 5.97 Å². The number of aromatic carboxylic acids is 1. The zero-order valence-electron chi connectivity index (χ0n) is 8.74. The second-order valence-corrected chi connectivity index (χ2v) is 4.18. The third kappa shape index (κ3) is 3.35. The highest BCUT2D eigenvalue weighted by Crippen LogP contribution is 2.16. The summed E-state index contributed by atoms with van der Waals surface area (Å²) in [6, 6.07) is 1.58. The minimum Gasteiger partial charge on any atom is -0.477 e. The number of nitrogens with zero attached hydrogens (tertiary/aromatic N) is 1. The molecule has 1 aromatic rings. The van der Waals surface area contributed by atoms with Crippen molar-refractivity contribution in [3.05, 3.63) is 22.4 Å². The van der Waals surface area contributed by atoms with Gasteiger partial charge in [-0.05, 0) is 35.8 Å². The van der Waals surface area contributed by atoms with E-state index < -0.39 is 5.97 Å². The van der Waals surface area contributed by atoms with Gasteiger partial charge in [0.05, 0.1) is 6.10 Å². The zero-order valence-corrected chi connectivity index (χ0v) is 10.3. The number of hydrogen-bond donors (Lipinski definition) is 1. The molecule has 0 saturated heterocycles. The van der Waals surface area contributed by atoms with Crippen LogP contribution in [0.4, 0.5) is 0 Å². The minimum atomic E-state index is -0.926. The second-order valence-electron chi connectivity index (χ2n) is 3.27. The van der Waals surface area contributed by atoms with Crippen molar-refractivity contribution in [3.8, 4) is 0 Å². The Morgan fingerprint density at radius 2 is 2.40 bits per heavy atom. The molecule has 0 fully saturated rings. The van der Waals surface area contributed by atoms with Gasteiger partial charge in [0.1, 0.15) is 5.69 Å². The fourth-order valence-electron chi connectivity index (χ4n) is 1.42. The second kappa shape index (κ2) is 5.32. The van der Waals surface area contributed by atoms with Crippen LogP contribution in [0.25, 0.3) is 0 Å². The van der Waals surface area contributed by atoms with Gasteiger partial charge < -0.3 is 14.4 Å². The van der Waals surface area contributed by atoms with Crippen LogP contribution >= 0.6 is 15.9 Å². The van der Waals surface area contributed by atoms with Gasteiger partial charge in [-0.3, -0.25) is 0 Å². The summed E-state index contributed by atoms with van der Waals surface area (Å²) in [6.45, 7) is 5.01. The molecule has 0 spiro atoms. The van der Waals surface area contributed by atoms with Crippen molar-refractivity contribution in [2.24, 2.45) is 0 Å². The van der Waals surface area contributed by atoms with E-state index in [9.17, 15) is 4.79 Å². The molecule has 1 atom stereocenters. The summed E-state index contributed by atoms with van der Waals surface area (Å²) in [5.74, 6) is -0.926. The lowest BCUT2D eigenvalue weighted by atomic mass is 10.3. The number of carboxylic acid groups (broad SMARTS) is 1. The minimum absolute atomic E-state index is 0.00685. The molecule has 1 aromatic heterocycles.